The second-order valence-electron chi connectivity index (χ2n) is 6.09. The Hall–Kier alpha value is -1.88. The average Bonchev–Trinajstić information content (AvgIpc) is 2.48. The molecule has 0 radical (unpaired) electrons. The molecule has 2 aliphatic rings. The van der Waals surface area contributed by atoms with Gasteiger partial charge in [0.05, 0.1) is 5.54 Å². The van der Waals surface area contributed by atoms with E-state index in [-0.39, 0.29) is 11.8 Å². The Morgan fingerprint density at radius 2 is 1.95 bits per heavy atom. The van der Waals surface area contributed by atoms with E-state index in [1.54, 1.807) is 0 Å². The zero-order valence-corrected chi connectivity index (χ0v) is 12.1. The number of amides is 2. The minimum absolute atomic E-state index is 0.0439. The van der Waals surface area contributed by atoms with Gasteiger partial charge in [-0.05, 0) is 43.0 Å². The first-order chi connectivity index (χ1) is 10.1. The van der Waals surface area contributed by atoms with E-state index in [1.165, 1.54) is 0 Å². The Labute approximate surface area is 124 Å². The highest BCUT2D eigenvalue weighted by atomic mass is 16.2. The summed E-state index contributed by atoms with van der Waals surface area (Å²) in [4.78, 5) is 23.7. The third kappa shape index (κ3) is 2.93. The van der Waals surface area contributed by atoms with Crippen LogP contribution in [-0.2, 0) is 16.0 Å². The largest absolute Gasteiger partial charge is 0.326 e. The fourth-order valence-corrected chi connectivity index (χ4v) is 3.13. The van der Waals surface area contributed by atoms with Crippen molar-refractivity contribution in [3.05, 3.63) is 23.8 Å². The second-order valence-corrected chi connectivity index (χ2v) is 6.09. The molecule has 1 aliphatic heterocycles. The van der Waals surface area contributed by atoms with Crippen LogP contribution in [0, 0.1) is 0 Å². The van der Waals surface area contributed by atoms with Gasteiger partial charge in [0, 0.05) is 17.8 Å². The van der Waals surface area contributed by atoms with Gasteiger partial charge in [0.15, 0.2) is 0 Å². The number of fused-ring (bicyclic) bond motifs is 1. The van der Waals surface area contributed by atoms with E-state index in [4.69, 9.17) is 5.73 Å². The fraction of sp³-hybridized carbons (Fsp3) is 0.500. The molecule has 1 heterocycles. The van der Waals surface area contributed by atoms with Crippen molar-refractivity contribution in [3.63, 3.8) is 0 Å². The lowest BCUT2D eigenvalue weighted by Crippen LogP contribution is -2.52. The van der Waals surface area contributed by atoms with E-state index in [9.17, 15) is 9.59 Å². The molecule has 4 N–H and O–H groups in total. The molecule has 1 saturated carbocycles. The first-order valence-corrected chi connectivity index (χ1v) is 7.60. The Morgan fingerprint density at radius 3 is 2.71 bits per heavy atom. The molecule has 1 aromatic carbocycles. The minimum atomic E-state index is -0.734. The van der Waals surface area contributed by atoms with Crippen LogP contribution >= 0.6 is 0 Å². The molecule has 0 bridgehead atoms. The van der Waals surface area contributed by atoms with E-state index in [1.807, 2.05) is 18.2 Å². The van der Waals surface area contributed by atoms with Crippen molar-refractivity contribution in [3.8, 4) is 0 Å². The molecule has 0 spiro atoms. The van der Waals surface area contributed by atoms with Gasteiger partial charge in [-0.2, -0.15) is 0 Å². The van der Waals surface area contributed by atoms with E-state index < -0.39 is 5.54 Å². The molecule has 5 nitrogen and oxygen atoms in total. The SMILES string of the molecule is NC1(C(=O)Nc2ccc3c(c2)CCC(=O)N3)CCCCC1. The lowest BCUT2D eigenvalue weighted by Gasteiger charge is -2.32. The van der Waals surface area contributed by atoms with Gasteiger partial charge in [0.2, 0.25) is 11.8 Å². The number of carbonyl (C=O) groups is 2. The highest BCUT2D eigenvalue weighted by molar-refractivity contribution is 5.99. The number of carbonyl (C=O) groups excluding carboxylic acids is 2. The summed E-state index contributed by atoms with van der Waals surface area (Å²) >= 11 is 0. The fourth-order valence-electron chi connectivity index (χ4n) is 3.13. The van der Waals surface area contributed by atoms with Gasteiger partial charge in [-0.3, -0.25) is 9.59 Å². The topological polar surface area (TPSA) is 84.2 Å². The summed E-state index contributed by atoms with van der Waals surface area (Å²) in [6.45, 7) is 0. The summed E-state index contributed by atoms with van der Waals surface area (Å²) in [5.74, 6) is -0.0515. The number of hydrogen-bond donors (Lipinski definition) is 3. The molecule has 2 amide bonds. The second kappa shape index (κ2) is 5.48. The van der Waals surface area contributed by atoms with Gasteiger partial charge in [-0.25, -0.2) is 0 Å². The Kier molecular flexibility index (Phi) is 3.68. The minimum Gasteiger partial charge on any atom is -0.326 e. The van der Waals surface area contributed by atoms with Crippen LogP contribution in [-0.4, -0.2) is 17.4 Å². The number of anilines is 2. The zero-order valence-electron chi connectivity index (χ0n) is 12.1. The van der Waals surface area contributed by atoms with Gasteiger partial charge < -0.3 is 16.4 Å². The first-order valence-electron chi connectivity index (χ1n) is 7.60. The van der Waals surface area contributed by atoms with Crippen molar-refractivity contribution < 1.29 is 9.59 Å². The van der Waals surface area contributed by atoms with Gasteiger partial charge in [-0.1, -0.05) is 19.3 Å². The van der Waals surface area contributed by atoms with Crippen LogP contribution in [0.5, 0.6) is 0 Å². The third-order valence-electron chi connectivity index (χ3n) is 4.46. The molecule has 1 aliphatic carbocycles. The van der Waals surface area contributed by atoms with Gasteiger partial charge in [0.25, 0.3) is 0 Å². The van der Waals surface area contributed by atoms with Crippen LogP contribution in [0.3, 0.4) is 0 Å². The maximum Gasteiger partial charge on any atom is 0.244 e. The number of aryl methyl sites for hydroxylation is 1. The van der Waals surface area contributed by atoms with E-state index in [2.05, 4.69) is 10.6 Å². The third-order valence-corrected chi connectivity index (χ3v) is 4.46. The Bertz CT molecular complexity index is 577. The molecule has 0 saturated heterocycles. The van der Waals surface area contributed by atoms with E-state index in [0.29, 0.717) is 12.8 Å². The molecule has 1 fully saturated rings. The lowest BCUT2D eigenvalue weighted by atomic mass is 9.82. The number of nitrogens with two attached hydrogens (primary N) is 1. The van der Waals surface area contributed by atoms with Gasteiger partial charge >= 0.3 is 0 Å². The molecule has 3 rings (SSSR count). The van der Waals surface area contributed by atoms with Crippen molar-refractivity contribution in [2.75, 3.05) is 10.6 Å². The number of nitrogens with one attached hydrogen (secondary N) is 2. The predicted molar refractivity (Wildman–Crippen MR) is 82.0 cm³/mol. The summed E-state index contributed by atoms with van der Waals surface area (Å²) in [6, 6.07) is 5.58. The maximum atomic E-state index is 12.4. The lowest BCUT2D eigenvalue weighted by molar-refractivity contribution is -0.122. The number of rotatable bonds is 2. The molecule has 0 aromatic heterocycles. The van der Waals surface area contributed by atoms with Crippen LogP contribution < -0.4 is 16.4 Å². The Morgan fingerprint density at radius 1 is 1.19 bits per heavy atom. The first kappa shape index (κ1) is 14.1. The summed E-state index contributed by atoms with van der Waals surface area (Å²) in [5, 5.41) is 5.77. The van der Waals surface area contributed by atoms with Crippen molar-refractivity contribution >= 4 is 23.2 Å². The van der Waals surface area contributed by atoms with Gasteiger partial charge in [0.1, 0.15) is 0 Å². The highest BCUT2D eigenvalue weighted by Gasteiger charge is 2.35. The molecule has 0 unspecified atom stereocenters. The standard InChI is InChI=1S/C16H21N3O2/c17-16(8-2-1-3-9-16)15(21)18-12-5-6-13-11(10-12)4-7-14(20)19-13/h5-6,10H,1-4,7-9,17H2,(H,18,21)(H,19,20). The van der Waals surface area contributed by atoms with Crippen molar-refractivity contribution in [1.29, 1.82) is 0 Å². The molecule has 0 atom stereocenters. The van der Waals surface area contributed by atoms with Crippen LogP contribution in [0.1, 0.15) is 44.1 Å². The monoisotopic (exact) mass is 287 g/mol. The predicted octanol–water partition coefficient (Wildman–Crippen LogP) is 2.17. The molecular formula is C16H21N3O2. The molecular weight excluding hydrogens is 266 g/mol. The van der Waals surface area contributed by atoms with Crippen molar-refractivity contribution in [2.24, 2.45) is 5.73 Å². The Balaban J connectivity index is 1.73. The van der Waals surface area contributed by atoms with Crippen LogP contribution in [0.15, 0.2) is 18.2 Å². The molecule has 21 heavy (non-hydrogen) atoms. The van der Waals surface area contributed by atoms with E-state index in [0.717, 1.165) is 49.0 Å². The van der Waals surface area contributed by atoms with Crippen LogP contribution in [0.4, 0.5) is 11.4 Å². The molecule has 112 valence electrons. The summed E-state index contributed by atoms with van der Waals surface area (Å²) in [5.41, 5.74) is 8.15. The van der Waals surface area contributed by atoms with Gasteiger partial charge in [-0.15, -0.1) is 0 Å². The van der Waals surface area contributed by atoms with Crippen LogP contribution in [0.2, 0.25) is 0 Å². The zero-order chi connectivity index (χ0) is 14.9. The maximum absolute atomic E-state index is 12.4. The van der Waals surface area contributed by atoms with Crippen LogP contribution in [0.25, 0.3) is 0 Å². The smallest absolute Gasteiger partial charge is 0.244 e. The molecule has 5 heteroatoms. The number of benzene rings is 1. The van der Waals surface area contributed by atoms with E-state index >= 15 is 0 Å². The number of hydrogen-bond acceptors (Lipinski definition) is 3. The highest BCUT2D eigenvalue weighted by Crippen LogP contribution is 2.29. The summed E-state index contributed by atoms with van der Waals surface area (Å²) in [6.07, 6.45) is 5.88. The summed E-state index contributed by atoms with van der Waals surface area (Å²) in [7, 11) is 0. The van der Waals surface area contributed by atoms with Crippen molar-refractivity contribution in [1.82, 2.24) is 0 Å². The normalized spacial score (nSPS) is 20.3. The average molecular weight is 287 g/mol. The quantitative estimate of drug-likeness (QED) is 0.779. The summed E-state index contributed by atoms with van der Waals surface area (Å²) < 4.78 is 0. The molecule has 1 aromatic rings. The van der Waals surface area contributed by atoms with Crippen molar-refractivity contribution in [2.45, 2.75) is 50.5 Å².